The highest BCUT2D eigenvalue weighted by Gasteiger charge is 2.27. The molecule has 0 bridgehead atoms. The van der Waals surface area contributed by atoms with Crippen molar-refractivity contribution in [1.29, 1.82) is 0 Å². The molecule has 0 spiro atoms. The maximum Gasteiger partial charge on any atom is 0.224 e. The molecule has 0 saturated heterocycles. The normalized spacial score (nSPS) is 22.2. The number of nitrogens with one attached hydrogen (secondary N) is 1. The second kappa shape index (κ2) is 6.94. The summed E-state index contributed by atoms with van der Waals surface area (Å²) < 4.78 is 5.10. The van der Waals surface area contributed by atoms with Crippen LogP contribution in [0.4, 0.5) is 0 Å². The van der Waals surface area contributed by atoms with Gasteiger partial charge in [-0.3, -0.25) is 4.79 Å². The number of benzene rings is 1. The van der Waals surface area contributed by atoms with Crippen LogP contribution < -0.4 is 10.1 Å². The number of halogens is 1. The van der Waals surface area contributed by atoms with Gasteiger partial charge in [0.05, 0.1) is 13.5 Å². The maximum atomic E-state index is 12.0. The van der Waals surface area contributed by atoms with Crippen LogP contribution >= 0.6 is 15.9 Å². The third-order valence-electron chi connectivity index (χ3n) is 3.73. The standard InChI is InChI=1S/C15H20BrNO2/c1-19-13-7-5-11(6-8-13)9-15(18)17-14-4-2-3-12(14)10-16/h5-8,12,14H,2-4,9-10H2,1H3,(H,17,18). The molecule has 3 nitrogen and oxygen atoms in total. The predicted molar refractivity (Wildman–Crippen MR) is 79.8 cm³/mol. The molecule has 1 aliphatic rings. The Labute approximate surface area is 122 Å². The van der Waals surface area contributed by atoms with Crippen LogP contribution in [0.5, 0.6) is 5.75 Å². The predicted octanol–water partition coefficient (Wildman–Crippen LogP) is 2.92. The first kappa shape index (κ1) is 14.4. The van der Waals surface area contributed by atoms with Crippen LogP contribution in [0.1, 0.15) is 24.8 Å². The highest BCUT2D eigenvalue weighted by molar-refractivity contribution is 9.09. The third-order valence-corrected chi connectivity index (χ3v) is 4.56. The number of amides is 1. The van der Waals surface area contributed by atoms with E-state index in [0.29, 0.717) is 18.4 Å². The Balaban J connectivity index is 1.86. The number of carbonyl (C=O) groups excluding carboxylic acids is 1. The first-order chi connectivity index (χ1) is 9.22. The topological polar surface area (TPSA) is 38.3 Å². The van der Waals surface area contributed by atoms with Gasteiger partial charge in [0.2, 0.25) is 5.91 Å². The molecule has 19 heavy (non-hydrogen) atoms. The van der Waals surface area contributed by atoms with E-state index in [4.69, 9.17) is 4.74 Å². The van der Waals surface area contributed by atoms with Crippen LogP contribution in [-0.4, -0.2) is 24.4 Å². The number of ether oxygens (including phenoxy) is 1. The molecule has 0 aromatic heterocycles. The molecule has 1 amide bonds. The van der Waals surface area contributed by atoms with Gasteiger partial charge in [0.15, 0.2) is 0 Å². The van der Waals surface area contributed by atoms with E-state index in [1.54, 1.807) is 7.11 Å². The molecule has 104 valence electrons. The lowest BCUT2D eigenvalue weighted by Gasteiger charge is -2.19. The number of methoxy groups -OCH3 is 1. The zero-order chi connectivity index (χ0) is 13.7. The fraction of sp³-hybridized carbons (Fsp3) is 0.533. The van der Waals surface area contributed by atoms with Gasteiger partial charge in [0.25, 0.3) is 0 Å². The minimum absolute atomic E-state index is 0.114. The Morgan fingerprint density at radius 2 is 2.11 bits per heavy atom. The molecule has 1 saturated carbocycles. The molecule has 2 atom stereocenters. The highest BCUT2D eigenvalue weighted by atomic mass is 79.9. The number of hydrogen-bond donors (Lipinski definition) is 1. The van der Waals surface area contributed by atoms with E-state index in [-0.39, 0.29) is 5.91 Å². The molecule has 2 unspecified atom stereocenters. The molecule has 0 radical (unpaired) electrons. The number of alkyl halides is 1. The smallest absolute Gasteiger partial charge is 0.224 e. The molecule has 4 heteroatoms. The summed E-state index contributed by atoms with van der Waals surface area (Å²) >= 11 is 3.52. The second-order valence-electron chi connectivity index (χ2n) is 5.04. The van der Waals surface area contributed by atoms with Crippen molar-refractivity contribution in [3.05, 3.63) is 29.8 Å². The lowest BCUT2D eigenvalue weighted by Crippen LogP contribution is -2.38. The maximum absolute atomic E-state index is 12.0. The van der Waals surface area contributed by atoms with Gasteiger partial charge < -0.3 is 10.1 Å². The first-order valence-corrected chi connectivity index (χ1v) is 7.83. The van der Waals surface area contributed by atoms with E-state index < -0.39 is 0 Å². The zero-order valence-electron chi connectivity index (χ0n) is 11.2. The Morgan fingerprint density at radius 3 is 2.74 bits per heavy atom. The van der Waals surface area contributed by atoms with Crippen molar-refractivity contribution in [2.75, 3.05) is 12.4 Å². The van der Waals surface area contributed by atoms with Crippen molar-refractivity contribution in [3.8, 4) is 5.75 Å². The summed E-state index contributed by atoms with van der Waals surface area (Å²) in [4.78, 5) is 12.0. The van der Waals surface area contributed by atoms with Crippen molar-refractivity contribution in [2.24, 2.45) is 5.92 Å². The lowest BCUT2D eigenvalue weighted by atomic mass is 10.1. The first-order valence-electron chi connectivity index (χ1n) is 6.71. The van der Waals surface area contributed by atoms with Gasteiger partial charge in [-0.1, -0.05) is 34.5 Å². The number of hydrogen-bond acceptors (Lipinski definition) is 2. The highest BCUT2D eigenvalue weighted by Crippen LogP contribution is 2.27. The summed E-state index contributed by atoms with van der Waals surface area (Å²) in [6.07, 6.45) is 3.96. The second-order valence-corrected chi connectivity index (χ2v) is 5.69. The summed E-state index contributed by atoms with van der Waals surface area (Å²) in [5.74, 6) is 1.52. The molecular weight excluding hydrogens is 306 g/mol. The molecule has 0 heterocycles. The largest absolute Gasteiger partial charge is 0.497 e. The summed E-state index contributed by atoms with van der Waals surface area (Å²) in [5, 5.41) is 4.13. The van der Waals surface area contributed by atoms with Gasteiger partial charge in [-0.25, -0.2) is 0 Å². The lowest BCUT2D eigenvalue weighted by molar-refractivity contribution is -0.121. The van der Waals surface area contributed by atoms with Gasteiger partial charge in [-0.15, -0.1) is 0 Å². The van der Waals surface area contributed by atoms with Gasteiger partial charge in [0.1, 0.15) is 5.75 Å². The minimum atomic E-state index is 0.114. The van der Waals surface area contributed by atoms with Crippen LogP contribution in [-0.2, 0) is 11.2 Å². The number of rotatable bonds is 5. The zero-order valence-corrected chi connectivity index (χ0v) is 12.8. The van der Waals surface area contributed by atoms with Crippen molar-refractivity contribution in [3.63, 3.8) is 0 Å². The Hall–Kier alpha value is -1.03. The van der Waals surface area contributed by atoms with Crippen LogP contribution in [0.25, 0.3) is 0 Å². The van der Waals surface area contributed by atoms with E-state index >= 15 is 0 Å². The molecule has 0 aliphatic heterocycles. The minimum Gasteiger partial charge on any atom is -0.497 e. The summed E-state index contributed by atoms with van der Waals surface area (Å²) in [6, 6.07) is 7.99. The van der Waals surface area contributed by atoms with Gasteiger partial charge in [-0.2, -0.15) is 0 Å². The molecule has 1 aromatic rings. The van der Waals surface area contributed by atoms with Crippen LogP contribution in [0.3, 0.4) is 0 Å². The average molecular weight is 326 g/mol. The van der Waals surface area contributed by atoms with Crippen molar-refractivity contribution in [2.45, 2.75) is 31.7 Å². The van der Waals surface area contributed by atoms with E-state index in [0.717, 1.165) is 23.1 Å². The molecule has 1 aromatic carbocycles. The van der Waals surface area contributed by atoms with Gasteiger partial charge in [-0.05, 0) is 36.5 Å². The Morgan fingerprint density at radius 1 is 1.37 bits per heavy atom. The fourth-order valence-corrected chi connectivity index (χ4v) is 3.37. The summed E-state index contributed by atoms with van der Waals surface area (Å²) in [6.45, 7) is 0. The van der Waals surface area contributed by atoms with Crippen molar-refractivity contribution in [1.82, 2.24) is 5.32 Å². The van der Waals surface area contributed by atoms with Crippen LogP contribution in [0, 0.1) is 5.92 Å². The summed E-state index contributed by atoms with van der Waals surface area (Å²) in [7, 11) is 1.64. The Kier molecular flexibility index (Phi) is 5.25. The molecule has 1 fully saturated rings. The van der Waals surface area contributed by atoms with Crippen molar-refractivity contribution < 1.29 is 9.53 Å². The average Bonchev–Trinajstić information content (AvgIpc) is 2.86. The van der Waals surface area contributed by atoms with Gasteiger partial charge in [0, 0.05) is 11.4 Å². The summed E-state index contributed by atoms with van der Waals surface area (Å²) in [5.41, 5.74) is 1.02. The van der Waals surface area contributed by atoms with Gasteiger partial charge >= 0.3 is 0 Å². The molecule has 1 aliphatic carbocycles. The quantitative estimate of drug-likeness (QED) is 0.845. The van der Waals surface area contributed by atoms with Crippen LogP contribution in [0.2, 0.25) is 0 Å². The van der Waals surface area contributed by atoms with E-state index in [1.165, 1.54) is 12.8 Å². The third kappa shape index (κ3) is 3.96. The SMILES string of the molecule is COc1ccc(CC(=O)NC2CCCC2CBr)cc1. The number of carbonyl (C=O) groups is 1. The molecular formula is C15H20BrNO2. The van der Waals surface area contributed by atoms with Crippen LogP contribution in [0.15, 0.2) is 24.3 Å². The monoisotopic (exact) mass is 325 g/mol. The van der Waals surface area contributed by atoms with Crippen molar-refractivity contribution >= 4 is 21.8 Å². The van der Waals surface area contributed by atoms with E-state index in [2.05, 4.69) is 21.2 Å². The van der Waals surface area contributed by atoms with E-state index in [9.17, 15) is 4.79 Å². The van der Waals surface area contributed by atoms with E-state index in [1.807, 2.05) is 24.3 Å². The molecule has 2 rings (SSSR count). The fourth-order valence-electron chi connectivity index (χ4n) is 2.60. The molecule has 1 N–H and O–H groups in total. The Bertz CT molecular complexity index is 419.